The predicted molar refractivity (Wildman–Crippen MR) is 98.8 cm³/mol. The second kappa shape index (κ2) is 9.67. The third-order valence-electron chi connectivity index (χ3n) is 3.49. The molecule has 2 aromatic rings. The highest BCUT2D eigenvalue weighted by atomic mass is 35.5. The van der Waals surface area contributed by atoms with E-state index in [9.17, 15) is 4.79 Å². The van der Waals surface area contributed by atoms with Gasteiger partial charge in [-0.2, -0.15) is 5.26 Å². The number of nitrogens with zero attached hydrogens (tertiary/aromatic N) is 2. The van der Waals surface area contributed by atoms with E-state index < -0.39 is 0 Å². The smallest absolute Gasteiger partial charge is 0.238 e. The highest BCUT2D eigenvalue weighted by Gasteiger charge is 2.07. The molecule has 1 N–H and O–H groups in total. The van der Waals surface area contributed by atoms with Crippen LogP contribution in [-0.4, -0.2) is 37.6 Å². The summed E-state index contributed by atoms with van der Waals surface area (Å²) in [4.78, 5) is 13.9. The molecule has 0 fully saturated rings. The standard InChI is InChI=1S/C19H20ClN3O2/c1-23(12-13-25-18-8-4-16(20)5-9-18)14-19(24)22-17-6-2-15(3-7-17)10-11-21/h2-9H,10,12-14H2,1H3,(H,22,24). The van der Waals surface area contributed by atoms with Crippen LogP contribution >= 0.6 is 11.6 Å². The van der Waals surface area contributed by atoms with Crippen molar-refractivity contribution in [3.8, 4) is 11.8 Å². The molecule has 0 aromatic heterocycles. The summed E-state index contributed by atoms with van der Waals surface area (Å²) in [6.45, 7) is 1.37. The number of nitriles is 1. The summed E-state index contributed by atoms with van der Waals surface area (Å²) in [5.41, 5.74) is 1.65. The van der Waals surface area contributed by atoms with Crippen LogP contribution in [0.25, 0.3) is 0 Å². The Morgan fingerprint density at radius 1 is 1.20 bits per heavy atom. The molecule has 2 rings (SSSR count). The Balaban J connectivity index is 1.70. The van der Waals surface area contributed by atoms with Gasteiger partial charge < -0.3 is 10.1 Å². The average molecular weight is 358 g/mol. The van der Waals surface area contributed by atoms with E-state index in [1.807, 2.05) is 36.2 Å². The minimum absolute atomic E-state index is 0.0953. The van der Waals surface area contributed by atoms with Gasteiger partial charge in [0.05, 0.1) is 19.0 Å². The largest absolute Gasteiger partial charge is 0.492 e. The number of benzene rings is 2. The number of hydrogen-bond donors (Lipinski definition) is 1. The average Bonchev–Trinajstić information content (AvgIpc) is 2.58. The van der Waals surface area contributed by atoms with E-state index in [1.165, 1.54) is 0 Å². The van der Waals surface area contributed by atoms with Crippen molar-refractivity contribution in [1.82, 2.24) is 4.90 Å². The molecule has 0 aliphatic heterocycles. The Bertz CT molecular complexity index is 724. The van der Waals surface area contributed by atoms with Crippen molar-refractivity contribution >= 4 is 23.2 Å². The first-order valence-electron chi connectivity index (χ1n) is 7.89. The lowest BCUT2D eigenvalue weighted by Gasteiger charge is -2.16. The SMILES string of the molecule is CN(CCOc1ccc(Cl)cc1)CC(=O)Nc1ccc(CC#N)cc1. The maximum absolute atomic E-state index is 12.0. The molecule has 2 aromatic carbocycles. The van der Waals surface area contributed by atoms with Crippen molar-refractivity contribution in [2.45, 2.75) is 6.42 Å². The zero-order chi connectivity index (χ0) is 18.1. The number of nitrogens with one attached hydrogen (secondary N) is 1. The van der Waals surface area contributed by atoms with Crippen molar-refractivity contribution in [2.75, 3.05) is 32.1 Å². The minimum Gasteiger partial charge on any atom is -0.492 e. The van der Waals surface area contributed by atoms with Gasteiger partial charge in [-0.15, -0.1) is 0 Å². The van der Waals surface area contributed by atoms with Crippen molar-refractivity contribution in [3.05, 3.63) is 59.1 Å². The van der Waals surface area contributed by atoms with Gasteiger partial charge in [0.15, 0.2) is 0 Å². The van der Waals surface area contributed by atoms with Crippen molar-refractivity contribution in [3.63, 3.8) is 0 Å². The zero-order valence-corrected chi connectivity index (χ0v) is 14.8. The van der Waals surface area contributed by atoms with Crippen LogP contribution in [-0.2, 0) is 11.2 Å². The molecular weight excluding hydrogens is 338 g/mol. The molecule has 0 aliphatic rings. The van der Waals surface area contributed by atoms with Crippen LogP contribution in [0, 0.1) is 11.3 Å². The minimum atomic E-state index is -0.0953. The van der Waals surface area contributed by atoms with E-state index in [1.54, 1.807) is 24.3 Å². The number of carbonyl (C=O) groups excluding carboxylic acids is 1. The van der Waals surface area contributed by atoms with Crippen LogP contribution in [0.4, 0.5) is 5.69 Å². The first kappa shape index (κ1) is 18.8. The maximum atomic E-state index is 12.0. The lowest BCUT2D eigenvalue weighted by Crippen LogP contribution is -2.33. The molecule has 0 saturated carbocycles. The first-order chi connectivity index (χ1) is 12.1. The number of ether oxygens (including phenoxy) is 1. The fourth-order valence-electron chi connectivity index (χ4n) is 2.17. The van der Waals surface area contributed by atoms with Crippen LogP contribution < -0.4 is 10.1 Å². The van der Waals surface area contributed by atoms with Gasteiger partial charge in [-0.3, -0.25) is 9.69 Å². The molecular formula is C19H20ClN3O2. The summed E-state index contributed by atoms with van der Waals surface area (Å²) in [6.07, 6.45) is 0.366. The highest BCUT2D eigenvalue weighted by Crippen LogP contribution is 2.15. The summed E-state index contributed by atoms with van der Waals surface area (Å²) in [7, 11) is 1.86. The number of halogens is 1. The van der Waals surface area contributed by atoms with Gasteiger partial charge >= 0.3 is 0 Å². The number of carbonyl (C=O) groups is 1. The van der Waals surface area contributed by atoms with E-state index in [-0.39, 0.29) is 12.5 Å². The number of likely N-dealkylation sites (N-methyl/N-ethyl adjacent to an activating group) is 1. The second-order valence-electron chi connectivity index (χ2n) is 5.62. The van der Waals surface area contributed by atoms with Gasteiger partial charge in [0.25, 0.3) is 0 Å². The van der Waals surface area contributed by atoms with E-state index in [4.69, 9.17) is 21.6 Å². The lowest BCUT2D eigenvalue weighted by atomic mass is 10.1. The van der Waals surface area contributed by atoms with E-state index in [0.29, 0.717) is 24.6 Å². The Labute approximate surface area is 152 Å². The molecule has 25 heavy (non-hydrogen) atoms. The first-order valence-corrected chi connectivity index (χ1v) is 8.27. The molecule has 0 aliphatic carbocycles. The summed E-state index contributed by atoms with van der Waals surface area (Å²) >= 11 is 5.82. The van der Waals surface area contributed by atoms with Crippen LogP contribution in [0.1, 0.15) is 5.56 Å². The molecule has 0 unspecified atom stereocenters. The summed E-state index contributed by atoms with van der Waals surface area (Å²) in [5.74, 6) is 0.654. The number of amides is 1. The van der Waals surface area contributed by atoms with E-state index in [2.05, 4.69) is 11.4 Å². The summed E-state index contributed by atoms with van der Waals surface area (Å²) in [5, 5.41) is 12.2. The summed E-state index contributed by atoms with van der Waals surface area (Å²) < 4.78 is 5.61. The number of rotatable bonds is 8. The second-order valence-corrected chi connectivity index (χ2v) is 6.06. The van der Waals surface area contributed by atoms with E-state index >= 15 is 0 Å². The third-order valence-corrected chi connectivity index (χ3v) is 3.74. The van der Waals surface area contributed by atoms with Gasteiger partial charge in [0.1, 0.15) is 12.4 Å². The molecule has 0 atom stereocenters. The Morgan fingerprint density at radius 3 is 2.52 bits per heavy atom. The molecule has 5 nitrogen and oxygen atoms in total. The maximum Gasteiger partial charge on any atom is 0.238 e. The molecule has 0 radical (unpaired) electrons. The molecule has 6 heteroatoms. The third kappa shape index (κ3) is 6.84. The van der Waals surface area contributed by atoms with Crippen LogP contribution in [0.2, 0.25) is 5.02 Å². The Hall–Kier alpha value is -2.55. The van der Waals surface area contributed by atoms with Gasteiger partial charge in [0, 0.05) is 17.3 Å². The van der Waals surface area contributed by atoms with E-state index in [0.717, 1.165) is 17.0 Å². The molecule has 0 heterocycles. The lowest BCUT2D eigenvalue weighted by molar-refractivity contribution is -0.117. The molecule has 1 amide bonds. The Kier molecular flexibility index (Phi) is 7.27. The molecule has 0 bridgehead atoms. The highest BCUT2D eigenvalue weighted by molar-refractivity contribution is 6.30. The van der Waals surface area contributed by atoms with Gasteiger partial charge in [-0.25, -0.2) is 0 Å². The Morgan fingerprint density at radius 2 is 1.88 bits per heavy atom. The van der Waals surface area contributed by atoms with Gasteiger partial charge in [0.2, 0.25) is 5.91 Å². The van der Waals surface area contributed by atoms with Crippen molar-refractivity contribution < 1.29 is 9.53 Å². The topological polar surface area (TPSA) is 65.4 Å². The normalized spacial score (nSPS) is 10.3. The quantitative estimate of drug-likeness (QED) is 0.786. The molecule has 0 spiro atoms. The van der Waals surface area contributed by atoms with Crippen molar-refractivity contribution in [2.24, 2.45) is 0 Å². The van der Waals surface area contributed by atoms with Crippen molar-refractivity contribution in [1.29, 1.82) is 5.26 Å². The van der Waals surface area contributed by atoms with Crippen LogP contribution in [0.15, 0.2) is 48.5 Å². The predicted octanol–water partition coefficient (Wildman–Crippen LogP) is 3.36. The fourth-order valence-corrected chi connectivity index (χ4v) is 2.30. The number of anilines is 1. The fraction of sp³-hybridized carbons (Fsp3) is 0.263. The number of hydrogen-bond acceptors (Lipinski definition) is 4. The summed E-state index contributed by atoms with van der Waals surface area (Å²) in [6, 6.07) is 16.5. The van der Waals surface area contributed by atoms with Gasteiger partial charge in [-0.05, 0) is 49.0 Å². The van der Waals surface area contributed by atoms with Crippen LogP contribution in [0.3, 0.4) is 0 Å². The molecule has 0 saturated heterocycles. The molecule has 130 valence electrons. The monoisotopic (exact) mass is 357 g/mol. The van der Waals surface area contributed by atoms with Crippen LogP contribution in [0.5, 0.6) is 5.75 Å². The van der Waals surface area contributed by atoms with Gasteiger partial charge in [-0.1, -0.05) is 23.7 Å². The zero-order valence-electron chi connectivity index (χ0n) is 14.0.